The van der Waals surface area contributed by atoms with Crippen molar-refractivity contribution in [2.75, 3.05) is 114 Å². The Labute approximate surface area is 462 Å². The summed E-state index contributed by atoms with van der Waals surface area (Å²) in [6, 6.07) is 15.0. The Morgan fingerprint density at radius 2 is 1.32 bits per heavy atom. The number of aromatic hydroxyl groups is 1. The highest BCUT2D eigenvalue weighted by Crippen LogP contribution is 2.28. The maximum atomic E-state index is 14.7. The number of H-pyrrole nitrogens is 1. The second kappa shape index (κ2) is 28.6. The zero-order valence-corrected chi connectivity index (χ0v) is 46.0. The number of piperazine rings is 2. The molecule has 8 rings (SSSR count). The van der Waals surface area contributed by atoms with Crippen LogP contribution in [0.2, 0.25) is 0 Å². The fourth-order valence-corrected chi connectivity index (χ4v) is 9.47. The van der Waals surface area contributed by atoms with E-state index in [0.29, 0.717) is 140 Å². The van der Waals surface area contributed by atoms with E-state index >= 15 is 0 Å². The highest BCUT2D eigenvalue weighted by Gasteiger charge is 2.34. The normalized spacial score (nSPS) is 15.9. The summed E-state index contributed by atoms with van der Waals surface area (Å²) in [4.78, 5) is 55.4. The number of nitrogens with two attached hydrogens (primary N) is 2. The lowest BCUT2D eigenvalue weighted by Crippen LogP contribution is -2.52. The van der Waals surface area contributed by atoms with E-state index in [1.54, 1.807) is 27.7 Å². The van der Waals surface area contributed by atoms with Gasteiger partial charge in [0.1, 0.15) is 24.4 Å². The van der Waals surface area contributed by atoms with Gasteiger partial charge in [0.25, 0.3) is 0 Å². The first-order valence-corrected chi connectivity index (χ1v) is 26.8. The van der Waals surface area contributed by atoms with Gasteiger partial charge in [-0.05, 0) is 53.5 Å². The Bertz CT molecular complexity index is 2820. The number of aromatic amines is 1. The quantitative estimate of drug-likeness (QED) is 0.0359. The number of carbonyl (C=O) groups excluding carboxylic acids is 2. The van der Waals surface area contributed by atoms with Crippen LogP contribution >= 0.6 is 12.4 Å². The van der Waals surface area contributed by atoms with E-state index in [1.165, 1.54) is 0 Å². The highest BCUT2D eigenvalue weighted by atomic mass is 35.5. The molecule has 1 unspecified atom stereocenters. The highest BCUT2D eigenvalue weighted by molar-refractivity contribution is 5.85. The Balaban J connectivity index is 0.00000882. The number of rotatable bonds is 27. The second-order valence-electron chi connectivity index (χ2n) is 20.2. The van der Waals surface area contributed by atoms with Crippen LogP contribution < -0.4 is 26.6 Å². The smallest absolute Gasteiger partial charge is 0.248 e. The van der Waals surface area contributed by atoms with Gasteiger partial charge in [0.05, 0.1) is 68.9 Å². The minimum absolute atomic E-state index is 0. The molecular weight excluding hydrogens is 1020 g/mol. The van der Waals surface area contributed by atoms with E-state index in [2.05, 4.69) is 80.4 Å². The molecule has 2 fully saturated rings. The molecule has 4 aromatic heterocycles. The molecule has 0 bridgehead atoms. The lowest BCUT2D eigenvalue weighted by atomic mass is 9.98. The van der Waals surface area contributed by atoms with Crippen LogP contribution in [0.5, 0.6) is 5.75 Å². The number of phenols is 1. The first-order valence-electron chi connectivity index (χ1n) is 26.8. The number of para-hydroxylation sites is 1. The third-order valence-electron chi connectivity index (χ3n) is 14.2. The van der Waals surface area contributed by atoms with Crippen molar-refractivity contribution in [3.63, 3.8) is 0 Å². The number of hydrogen-bond acceptors (Lipinski definition) is 18. The van der Waals surface area contributed by atoms with Gasteiger partial charge in [-0.15, -0.1) is 29.0 Å². The van der Waals surface area contributed by atoms with Crippen molar-refractivity contribution >= 4 is 53.0 Å². The molecule has 2 saturated heterocycles. The Morgan fingerprint density at radius 3 is 1.91 bits per heavy atom. The van der Waals surface area contributed by atoms with Crippen LogP contribution in [0.15, 0.2) is 67.0 Å². The number of nitrogens with zero attached hydrogens (tertiary/aromatic N) is 13. The molecule has 0 radical (unpaired) electrons. The minimum atomic E-state index is -0.700. The predicted octanol–water partition coefficient (Wildman–Crippen LogP) is 4.12. The fraction of sp³-hybridized carbons (Fsp3) is 0.537. The maximum absolute atomic E-state index is 14.7. The third-order valence-corrected chi connectivity index (χ3v) is 14.2. The summed E-state index contributed by atoms with van der Waals surface area (Å²) in [6.07, 6.45) is 11.2. The molecule has 7 N–H and O–H groups in total. The summed E-state index contributed by atoms with van der Waals surface area (Å²) in [5.74, 6) is 4.23. The van der Waals surface area contributed by atoms with Crippen LogP contribution in [-0.2, 0) is 36.6 Å². The van der Waals surface area contributed by atoms with Gasteiger partial charge in [0.2, 0.25) is 29.7 Å². The molecule has 6 heterocycles. The van der Waals surface area contributed by atoms with Crippen LogP contribution in [0.3, 0.4) is 0 Å². The molecule has 2 aromatic carbocycles. The van der Waals surface area contributed by atoms with Crippen molar-refractivity contribution in [1.82, 2.24) is 59.7 Å². The fourth-order valence-electron chi connectivity index (χ4n) is 9.47. The molecule has 2 amide bonds. The van der Waals surface area contributed by atoms with E-state index in [1.807, 2.05) is 52.4 Å². The molecule has 0 aliphatic carbocycles. The standard InChI is InChI=1S/C54H75N17O6.ClH/c1-6-25-75-27-29-77-30-28-76-26-16-57-52-59-53(68-21-17-66(18-22-68)50(73)47(32-39-12-14-42(72)15-13-39)71-36-46(63-65-71)49(56)38(5)7-2)61-54(60-52)69-23-19-67(20-24-69)51(74)48(34-41-33-40-10-8-9-11-44(40)58-41)70-35-45(62-64-70)43(55)31-37(3)4;/h1,8-15,33,35-38,43,47-49,58,72H,7,16-32,34,55-56H2,2-5H3,(H,57,59,60,61);1H/t38?,43-,47-,48+,49-;/m0./s1. The predicted molar refractivity (Wildman–Crippen MR) is 299 cm³/mol. The molecule has 420 valence electrons. The number of amides is 2. The van der Waals surface area contributed by atoms with E-state index < -0.39 is 12.1 Å². The van der Waals surface area contributed by atoms with E-state index in [-0.39, 0.29) is 54.6 Å². The van der Waals surface area contributed by atoms with Crippen molar-refractivity contribution in [2.45, 2.75) is 77.5 Å². The van der Waals surface area contributed by atoms with Gasteiger partial charge in [0, 0.05) is 83.0 Å². The summed E-state index contributed by atoms with van der Waals surface area (Å²) >= 11 is 0. The van der Waals surface area contributed by atoms with Crippen molar-refractivity contribution < 1.29 is 28.9 Å². The van der Waals surface area contributed by atoms with Gasteiger partial charge < -0.3 is 60.7 Å². The van der Waals surface area contributed by atoms with Crippen LogP contribution in [0.25, 0.3) is 10.9 Å². The van der Waals surface area contributed by atoms with Crippen LogP contribution in [0, 0.1) is 24.2 Å². The Kier molecular flexibility index (Phi) is 21.5. The lowest BCUT2D eigenvalue weighted by molar-refractivity contribution is -0.136. The lowest BCUT2D eigenvalue weighted by Gasteiger charge is -2.38. The van der Waals surface area contributed by atoms with Crippen LogP contribution in [-0.4, -0.2) is 175 Å². The van der Waals surface area contributed by atoms with Gasteiger partial charge in [-0.1, -0.05) is 80.8 Å². The number of phenolic OH excluding ortho intramolecular Hbond substituents is 1. The number of nitrogens with one attached hydrogen (secondary N) is 2. The Hall–Kier alpha value is -6.94. The minimum Gasteiger partial charge on any atom is -0.508 e. The van der Waals surface area contributed by atoms with E-state index in [0.717, 1.165) is 35.0 Å². The third kappa shape index (κ3) is 15.6. The SMILES string of the molecule is C#CCOCCOCCOCCNc1nc(N2CCN(C(=O)[C@@H](Cc3cc4ccccc4[nH]3)n3cc([C@@H](N)CC(C)C)nn3)CC2)nc(N2CCN(C(=O)[C@H](Cc3ccc(O)cc3)n3cc([C@@H](N)C(C)CC)nn3)CC2)n1.Cl. The van der Waals surface area contributed by atoms with E-state index in [9.17, 15) is 14.7 Å². The van der Waals surface area contributed by atoms with Crippen molar-refractivity contribution in [3.8, 4) is 18.1 Å². The van der Waals surface area contributed by atoms with Gasteiger partial charge in [-0.3, -0.25) is 9.59 Å². The number of anilines is 3. The zero-order valence-electron chi connectivity index (χ0n) is 45.2. The number of carbonyl (C=O) groups is 2. The van der Waals surface area contributed by atoms with Crippen molar-refractivity contribution in [2.24, 2.45) is 23.3 Å². The number of fused-ring (bicyclic) bond motifs is 1. The molecule has 24 heteroatoms. The number of terminal acetylenes is 1. The average Bonchev–Trinajstić information content (AvgIpc) is 4.26. The molecule has 78 heavy (non-hydrogen) atoms. The number of ether oxygens (including phenoxy) is 3. The largest absolute Gasteiger partial charge is 0.508 e. The van der Waals surface area contributed by atoms with Gasteiger partial charge >= 0.3 is 0 Å². The molecular formula is C54H76ClN17O6. The number of hydrogen-bond donors (Lipinski definition) is 5. The monoisotopic (exact) mass is 1090 g/mol. The zero-order chi connectivity index (χ0) is 54.3. The number of benzene rings is 2. The van der Waals surface area contributed by atoms with Gasteiger partial charge in [-0.25, -0.2) is 9.36 Å². The van der Waals surface area contributed by atoms with Crippen molar-refractivity contribution in [3.05, 3.63) is 89.6 Å². The molecule has 5 atom stereocenters. The van der Waals surface area contributed by atoms with E-state index in [4.69, 9.17) is 47.1 Å². The molecule has 6 aromatic rings. The first kappa shape index (κ1) is 58.7. The van der Waals surface area contributed by atoms with Crippen molar-refractivity contribution in [1.29, 1.82) is 0 Å². The first-order chi connectivity index (χ1) is 37.4. The number of aromatic nitrogens is 10. The molecule has 23 nitrogen and oxygen atoms in total. The molecule has 2 aliphatic rings. The topological polar surface area (TPSA) is 275 Å². The second-order valence-corrected chi connectivity index (χ2v) is 20.2. The van der Waals surface area contributed by atoms with Crippen LogP contribution in [0.1, 0.15) is 87.3 Å². The number of halogens is 1. The summed E-state index contributed by atoms with van der Waals surface area (Å²) in [7, 11) is 0. The van der Waals surface area contributed by atoms with Gasteiger partial charge in [0.15, 0.2) is 0 Å². The summed E-state index contributed by atoms with van der Waals surface area (Å²) in [5.41, 5.74) is 17.1. The summed E-state index contributed by atoms with van der Waals surface area (Å²) in [6.45, 7) is 14.5. The summed E-state index contributed by atoms with van der Waals surface area (Å²) in [5, 5.41) is 32.1. The summed E-state index contributed by atoms with van der Waals surface area (Å²) < 4.78 is 19.9. The maximum Gasteiger partial charge on any atom is 0.248 e. The molecule has 0 saturated carbocycles. The molecule has 2 aliphatic heterocycles. The molecule has 0 spiro atoms. The Morgan fingerprint density at radius 1 is 0.756 bits per heavy atom. The average molecular weight is 1090 g/mol. The van der Waals surface area contributed by atoms with Gasteiger partial charge in [-0.2, -0.15) is 15.0 Å². The van der Waals surface area contributed by atoms with Crippen LogP contribution in [0.4, 0.5) is 17.8 Å².